The minimum Gasteiger partial charge on any atom is -0.506 e. The first kappa shape index (κ1) is 16.5. The molecule has 0 aliphatic carbocycles. The summed E-state index contributed by atoms with van der Waals surface area (Å²) in [5, 5.41) is 8.88. The number of methoxy groups -OCH3 is 2. The number of nitrogen functional groups attached to an aromatic ring is 1. The molecule has 2 aromatic heterocycles. The zero-order valence-electron chi connectivity index (χ0n) is 10.8. The predicted molar refractivity (Wildman–Crippen MR) is 83.1 cm³/mol. The predicted octanol–water partition coefficient (Wildman–Crippen LogP) is 2.99. The smallest absolute Gasteiger partial charge is 0.227 e. The lowest BCUT2D eigenvalue weighted by atomic mass is 10.4. The Hall–Kier alpha value is -1.54. The second-order valence-corrected chi connectivity index (χ2v) is 5.15. The number of nitrogens with two attached hydrogens (primary N) is 1. The van der Waals surface area contributed by atoms with Crippen LogP contribution in [0.25, 0.3) is 0 Å². The van der Waals surface area contributed by atoms with E-state index in [1.54, 1.807) is 19.4 Å². The van der Waals surface area contributed by atoms with Crippen LogP contribution in [-0.4, -0.2) is 29.3 Å². The van der Waals surface area contributed by atoms with Crippen molar-refractivity contribution < 1.29 is 14.6 Å². The van der Waals surface area contributed by atoms with Crippen LogP contribution in [0.5, 0.6) is 17.5 Å². The molecule has 0 bridgehead atoms. The topological polar surface area (TPSA) is 90.5 Å². The molecule has 0 saturated heterocycles. The summed E-state index contributed by atoms with van der Waals surface area (Å²) in [5.74, 6) is 1.14. The van der Waals surface area contributed by atoms with Gasteiger partial charge >= 0.3 is 0 Å². The van der Waals surface area contributed by atoms with E-state index in [0.717, 1.165) is 4.47 Å². The van der Waals surface area contributed by atoms with Crippen LogP contribution >= 0.6 is 31.9 Å². The highest BCUT2D eigenvalue weighted by atomic mass is 79.9. The number of aromatic nitrogens is 2. The van der Waals surface area contributed by atoms with Crippen LogP contribution in [0.2, 0.25) is 0 Å². The summed E-state index contributed by atoms with van der Waals surface area (Å²) in [6.45, 7) is 0. The molecule has 108 valence electrons. The molecule has 2 heterocycles. The Labute approximate surface area is 133 Å². The third-order valence-corrected chi connectivity index (χ3v) is 3.14. The minimum absolute atomic E-state index is 0.118. The second-order valence-electron chi connectivity index (χ2n) is 3.44. The molecule has 0 atom stereocenters. The third-order valence-electron chi connectivity index (χ3n) is 2.01. The first-order chi connectivity index (χ1) is 9.47. The summed E-state index contributed by atoms with van der Waals surface area (Å²) < 4.78 is 11.1. The number of hydrogen-bond donors (Lipinski definition) is 2. The molecule has 2 aromatic rings. The standard InChI is InChI=1S/C6H7BrN2O.C6H6BrNO2/c1-10-6-5(7)2-4(8)3-9-6;1-10-6-5(7)2-4(9)3-8-6/h2-3H,8H2,1H3;2-3,9H,1H3. The van der Waals surface area contributed by atoms with Crippen LogP contribution < -0.4 is 15.2 Å². The van der Waals surface area contributed by atoms with Crippen LogP contribution in [0.1, 0.15) is 0 Å². The molecule has 0 saturated carbocycles. The van der Waals surface area contributed by atoms with E-state index in [2.05, 4.69) is 41.8 Å². The van der Waals surface area contributed by atoms with Gasteiger partial charge in [0.15, 0.2) is 0 Å². The van der Waals surface area contributed by atoms with Gasteiger partial charge in [-0.05, 0) is 37.9 Å². The lowest BCUT2D eigenvalue weighted by Gasteiger charge is -2.00. The van der Waals surface area contributed by atoms with E-state index in [1.165, 1.54) is 19.4 Å². The van der Waals surface area contributed by atoms with Gasteiger partial charge in [0.2, 0.25) is 11.8 Å². The summed E-state index contributed by atoms with van der Waals surface area (Å²) in [6, 6.07) is 3.26. The number of halogens is 2. The van der Waals surface area contributed by atoms with Crippen LogP contribution in [0.4, 0.5) is 5.69 Å². The fourth-order valence-electron chi connectivity index (χ4n) is 1.16. The number of pyridine rings is 2. The summed E-state index contributed by atoms with van der Waals surface area (Å²) in [6.07, 6.45) is 2.87. The molecule has 20 heavy (non-hydrogen) atoms. The normalized spacial score (nSPS) is 9.40. The van der Waals surface area contributed by atoms with E-state index in [4.69, 9.17) is 20.3 Å². The Morgan fingerprint density at radius 1 is 1.00 bits per heavy atom. The van der Waals surface area contributed by atoms with Crippen molar-refractivity contribution in [2.45, 2.75) is 0 Å². The summed E-state index contributed by atoms with van der Waals surface area (Å²) >= 11 is 6.40. The zero-order valence-corrected chi connectivity index (χ0v) is 14.0. The van der Waals surface area contributed by atoms with Gasteiger partial charge in [-0.2, -0.15) is 0 Å². The van der Waals surface area contributed by atoms with Gasteiger partial charge < -0.3 is 20.3 Å². The monoisotopic (exact) mass is 405 g/mol. The highest BCUT2D eigenvalue weighted by molar-refractivity contribution is 9.10. The van der Waals surface area contributed by atoms with Crippen LogP contribution in [0.15, 0.2) is 33.5 Å². The molecule has 0 amide bonds. The van der Waals surface area contributed by atoms with Crippen molar-refractivity contribution >= 4 is 37.5 Å². The lowest BCUT2D eigenvalue weighted by Crippen LogP contribution is -1.91. The van der Waals surface area contributed by atoms with Crippen molar-refractivity contribution in [3.8, 4) is 17.5 Å². The maximum absolute atomic E-state index is 8.88. The van der Waals surface area contributed by atoms with Crippen LogP contribution in [0, 0.1) is 0 Å². The Morgan fingerprint density at radius 3 is 1.95 bits per heavy atom. The van der Waals surface area contributed by atoms with E-state index in [1.807, 2.05) is 0 Å². The molecule has 0 fully saturated rings. The average molecular weight is 407 g/mol. The molecule has 2 rings (SSSR count). The second kappa shape index (κ2) is 7.91. The van der Waals surface area contributed by atoms with Gasteiger partial charge in [0, 0.05) is 6.07 Å². The van der Waals surface area contributed by atoms with Crippen molar-refractivity contribution in [2.75, 3.05) is 20.0 Å². The molecule has 8 heteroatoms. The van der Waals surface area contributed by atoms with Crippen LogP contribution in [-0.2, 0) is 0 Å². The van der Waals surface area contributed by atoms with E-state index < -0.39 is 0 Å². The van der Waals surface area contributed by atoms with Crippen LogP contribution in [0.3, 0.4) is 0 Å². The van der Waals surface area contributed by atoms with Gasteiger partial charge in [0.1, 0.15) is 5.75 Å². The zero-order chi connectivity index (χ0) is 15.1. The number of ether oxygens (including phenoxy) is 2. The molecule has 0 unspecified atom stereocenters. The quantitative estimate of drug-likeness (QED) is 0.796. The third kappa shape index (κ3) is 4.86. The number of aromatic hydroxyl groups is 1. The summed E-state index contributed by atoms with van der Waals surface area (Å²) in [7, 11) is 3.08. The summed E-state index contributed by atoms with van der Waals surface area (Å²) in [4.78, 5) is 7.68. The van der Waals surface area contributed by atoms with Crippen molar-refractivity contribution in [3.05, 3.63) is 33.5 Å². The molecule has 0 aliphatic rings. The van der Waals surface area contributed by atoms with Gasteiger partial charge in [-0.1, -0.05) is 0 Å². The van der Waals surface area contributed by atoms with Gasteiger partial charge in [-0.3, -0.25) is 0 Å². The Kier molecular flexibility index (Phi) is 6.53. The Morgan fingerprint density at radius 2 is 1.50 bits per heavy atom. The fourth-order valence-corrected chi connectivity index (χ4v) is 2.18. The van der Waals surface area contributed by atoms with Crippen molar-refractivity contribution in [2.24, 2.45) is 0 Å². The van der Waals surface area contributed by atoms with E-state index in [0.29, 0.717) is 21.9 Å². The van der Waals surface area contributed by atoms with Crippen molar-refractivity contribution in [3.63, 3.8) is 0 Å². The van der Waals surface area contributed by atoms with Gasteiger partial charge in [-0.25, -0.2) is 9.97 Å². The highest BCUT2D eigenvalue weighted by Gasteiger charge is 2.00. The Balaban J connectivity index is 0.000000200. The van der Waals surface area contributed by atoms with Gasteiger partial charge in [0.25, 0.3) is 0 Å². The molecule has 0 aliphatic heterocycles. The molecule has 6 nitrogen and oxygen atoms in total. The molecular weight excluding hydrogens is 394 g/mol. The van der Waals surface area contributed by atoms with E-state index in [9.17, 15) is 0 Å². The fraction of sp³-hybridized carbons (Fsp3) is 0.167. The SMILES string of the molecule is COc1ncc(N)cc1Br.COc1ncc(O)cc1Br. The van der Waals surface area contributed by atoms with Gasteiger partial charge in [0.05, 0.1) is 41.2 Å². The number of hydrogen-bond acceptors (Lipinski definition) is 6. The van der Waals surface area contributed by atoms with E-state index in [-0.39, 0.29) is 5.75 Å². The van der Waals surface area contributed by atoms with Crippen molar-refractivity contribution in [1.82, 2.24) is 9.97 Å². The average Bonchev–Trinajstić information content (AvgIpc) is 2.40. The highest BCUT2D eigenvalue weighted by Crippen LogP contribution is 2.25. The largest absolute Gasteiger partial charge is 0.506 e. The molecular formula is C12H13Br2N3O3. The number of rotatable bonds is 2. The molecule has 3 N–H and O–H groups in total. The lowest BCUT2D eigenvalue weighted by molar-refractivity contribution is 0.391. The molecule has 0 spiro atoms. The van der Waals surface area contributed by atoms with Gasteiger partial charge in [-0.15, -0.1) is 0 Å². The molecule has 0 aromatic carbocycles. The number of nitrogens with zero attached hydrogens (tertiary/aromatic N) is 2. The summed E-state index contributed by atoms with van der Waals surface area (Å²) in [5.41, 5.74) is 6.05. The first-order valence-corrected chi connectivity index (χ1v) is 6.90. The minimum atomic E-state index is 0.118. The van der Waals surface area contributed by atoms with Crippen molar-refractivity contribution in [1.29, 1.82) is 0 Å². The first-order valence-electron chi connectivity index (χ1n) is 5.31. The Bertz CT molecular complexity index is 530. The molecule has 0 radical (unpaired) electrons. The maximum Gasteiger partial charge on any atom is 0.227 e. The maximum atomic E-state index is 8.88. The number of anilines is 1. The van der Waals surface area contributed by atoms with E-state index >= 15 is 0 Å².